The Morgan fingerprint density at radius 3 is 2.77 bits per heavy atom. The van der Waals surface area contributed by atoms with Gasteiger partial charge in [-0.05, 0) is 30.4 Å². The molecule has 0 N–H and O–H groups in total. The van der Waals surface area contributed by atoms with Crippen molar-refractivity contribution in [2.75, 3.05) is 0 Å². The van der Waals surface area contributed by atoms with Crippen molar-refractivity contribution >= 4 is 10.8 Å². The molecule has 0 bridgehead atoms. The van der Waals surface area contributed by atoms with E-state index in [-0.39, 0.29) is 0 Å². The Morgan fingerprint density at radius 1 is 1.15 bits per heavy atom. The van der Waals surface area contributed by atoms with Gasteiger partial charge in [0.2, 0.25) is 0 Å². The van der Waals surface area contributed by atoms with Gasteiger partial charge in [-0.2, -0.15) is 0 Å². The van der Waals surface area contributed by atoms with Gasteiger partial charge in [0.15, 0.2) is 0 Å². The summed E-state index contributed by atoms with van der Waals surface area (Å²) in [5, 5.41) is 2.52. The molecule has 0 amide bonds. The van der Waals surface area contributed by atoms with Crippen LogP contribution in [0.3, 0.4) is 0 Å². The van der Waals surface area contributed by atoms with E-state index in [0.29, 0.717) is 0 Å². The Kier molecular flexibility index (Phi) is 2.01. The van der Waals surface area contributed by atoms with E-state index in [1.165, 1.54) is 16.3 Å². The van der Waals surface area contributed by atoms with Gasteiger partial charge in [-0.15, -0.1) is 0 Å². The van der Waals surface area contributed by atoms with E-state index in [1.807, 2.05) is 13.1 Å². The van der Waals surface area contributed by atoms with E-state index in [1.54, 1.807) is 0 Å². The maximum Gasteiger partial charge on any atom is 0.0379 e. The molecule has 2 rings (SSSR count). The Morgan fingerprint density at radius 2 is 2.00 bits per heavy atom. The Balaban J connectivity index is 2.68. The van der Waals surface area contributed by atoms with Crippen LogP contribution in [-0.2, 0) is 6.42 Å². The summed E-state index contributed by atoms with van der Waals surface area (Å²) < 4.78 is 0. The summed E-state index contributed by atoms with van der Waals surface area (Å²) in [5.41, 5.74) is 2.47. The number of hydrogen-bond donors (Lipinski definition) is 0. The quantitative estimate of drug-likeness (QED) is 0.642. The number of fused-ring (bicyclic) bond motifs is 1. The van der Waals surface area contributed by atoms with Gasteiger partial charge in [-0.3, -0.25) is 4.98 Å². The van der Waals surface area contributed by atoms with E-state index >= 15 is 0 Å². The van der Waals surface area contributed by atoms with E-state index in [0.717, 1.165) is 12.1 Å². The van der Waals surface area contributed by atoms with Crippen LogP contribution in [0.1, 0.15) is 18.2 Å². The minimum absolute atomic E-state index is 1.08. The summed E-state index contributed by atoms with van der Waals surface area (Å²) in [6.45, 7) is 4.20. The highest BCUT2D eigenvalue weighted by Gasteiger charge is 1.95. The molecule has 66 valence electrons. The number of rotatable bonds is 1. The fourth-order valence-electron chi connectivity index (χ4n) is 1.52. The van der Waals surface area contributed by atoms with Crippen molar-refractivity contribution in [2.24, 2.45) is 0 Å². The first-order valence-corrected chi connectivity index (χ1v) is 4.65. The highest BCUT2D eigenvalue weighted by atomic mass is 14.6. The van der Waals surface area contributed by atoms with Crippen LogP contribution >= 0.6 is 0 Å². The fourth-order valence-corrected chi connectivity index (χ4v) is 1.52. The van der Waals surface area contributed by atoms with Crippen LogP contribution in [0.5, 0.6) is 0 Å². The summed E-state index contributed by atoms with van der Waals surface area (Å²) in [6, 6.07) is 8.68. The smallest absolute Gasteiger partial charge is 0.0379 e. The number of aryl methyl sites for hydroxylation is 2. The van der Waals surface area contributed by atoms with Crippen molar-refractivity contribution in [1.82, 2.24) is 4.98 Å². The molecule has 1 aromatic heterocycles. The molecule has 1 nitrogen and oxygen atoms in total. The summed E-state index contributed by atoms with van der Waals surface area (Å²) >= 11 is 0. The molecule has 0 saturated carbocycles. The molecule has 0 aliphatic rings. The molecule has 2 aromatic rings. The first-order valence-electron chi connectivity index (χ1n) is 4.65. The zero-order chi connectivity index (χ0) is 9.26. The topological polar surface area (TPSA) is 12.9 Å². The van der Waals surface area contributed by atoms with Gasteiger partial charge in [0.1, 0.15) is 0 Å². The third-order valence-corrected chi connectivity index (χ3v) is 2.33. The third-order valence-electron chi connectivity index (χ3n) is 2.33. The van der Waals surface area contributed by atoms with Crippen molar-refractivity contribution in [3.8, 4) is 0 Å². The lowest BCUT2D eigenvalue weighted by molar-refractivity contribution is 1.14. The average molecular weight is 171 g/mol. The number of pyridine rings is 1. The van der Waals surface area contributed by atoms with Crippen LogP contribution in [0.25, 0.3) is 10.8 Å². The van der Waals surface area contributed by atoms with Crippen LogP contribution < -0.4 is 0 Å². The molecule has 0 atom stereocenters. The number of aromatic nitrogens is 1. The van der Waals surface area contributed by atoms with Crippen LogP contribution in [-0.4, -0.2) is 4.98 Å². The Bertz CT molecular complexity index is 432. The zero-order valence-electron chi connectivity index (χ0n) is 8.04. The van der Waals surface area contributed by atoms with E-state index in [4.69, 9.17) is 0 Å². The van der Waals surface area contributed by atoms with Gasteiger partial charge in [-0.25, -0.2) is 0 Å². The molecule has 0 aliphatic heterocycles. The first kappa shape index (κ1) is 8.24. The molecular formula is C12H13N. The Hall–Kier alpha value is -1.37. The second kappa shape index (κ2) is 3.17. The average Bonchev–Trinajstić information content (AvgIpc) is 2.16. The Labute approximate surface area is 78.4 Å². The molecular weight excluding hydrogens is 158 g/mol. The van der Waals surface area contributed by atoms with Crippen LogP contribution in [0, 0.1) is 6.92 Å². The van der Waals surface area contributed by atoms with Gasteiger partial charge in [0.25, 0.3) is 0 Å². The van der Waals surface area contributed by atoms with Crippen LogP contribution in [0.2, 0.25) is 0 Å². The predicted octanol–water partition coefficient (Wildman–Crippen LogP) is 3.11. The maximum atomic E-state index is 4.26. The lowest BCUT2D eigenvalue weighted by Gasteiger charge is -2.01. The standard InChI is InChI=1S/C12H13N/c1-3-10-4-5-11-8-13-9(2)6-12(11)7-10/h4-8H,3H2,1-2H3. The molecule has 0 fully saturated rings. The second-order valence-electron chi connectivity index (χ2n) is 3.36. The molecule has 13 heavy (non-hydrogen) atoms. The molecule has 0 saturated heterocycles. The number of benzene rings is 1. The van der Waals surface area contributed by atoms with E-state index < -0.39 is 0 Å². The van der Waals surface area contributed by atoms with Crippen LogP contribution in [0.4, 0.5) is 0 Å². The number of hydrogen-bond acceptors (Lipinski definition) is 1. The molecule has 1 heteroatoms. The fraction of sp³-hybridized carbons (Fsp3) is 0.250. The van der Waals surface area contributed by atoms with Crippen LogP contribution in [0.15, 0.2) is 30.5 Å². The van der Waals surface area contributed by atoms with Crippen molar-refractivity contribution in [1.29, 1.82) is 0 Å². The summed E-state index contributed by atoms with van der Waals surface area (Å²) in [4.78, 5) is 4.26. The lowest BCUT2D eigenvalue weighted by Crippen LogP contribution is -1.83. The minimum Gasteiger partial charge on any atom is -0.261 e. The molecule has 0 radical (unpaired) electrons. The van der Waals surface area contributed by atoms with Gasteiger partial charge in [0, 0.05) is 17.3 Å². The predicted molar refractivity (Wildman–Crippen MR) is 55.9 cm³/mol. The highest BCUT2D eigenvalue weighted by Crippen LogP contribution is 2.16. The van der Waals surface area contributed by atoms with Crippen molar-refractivity contribution in [3.05, 3.63) is 41.7 Å². The van der Waals surface area contributed by atoms with E-state index in [2.05, 4.69) is 36.2 Å². The normalized spacial score (nSPS) is 10.6. The summed E-state index contributed by atoms with van der Waals surface area (Å²) in [7, 11) is 0. The third kappa shape index (κ3) is 1.55. The molecule has 0 aliphatic carbocycles. The van der Waals surface area contributed by atoms with E-state index in [9.17, 15) is 0 Å². The van der Waals surface area contributed by atoms with Gasteiger partial charge in [0.05, 0.1) is 0 Å². The van der Waals surface area contributed by atoms with Gasteiger partial charge < -0.3 is 0 Å². The molecule has 0 spiro atoms. The second-order valence-corrected chi connectivity index (χ2v) is 3.36. The minimum atomic E-state index is 1.08. The molecule has 1 aromatic carbocycles. The van der Waals surface area contributed by atoms with Gasteiger partial charge >= 0.3 is 0 Å². The summed E-state index contributed by atoms with van der Waals surface area (Å²) in [5.74, 6) is 0. The maximum absolute atomic E-state index is 4.26. The van der Waals surface area contributed by atoms with Crippen molar-refractivity contribution in [2.45, 2.75) is 20.3 Å². The van der Waals surface area contributed by atoms with Crippen molar-refractivity contribution < 1.29 is 0 Å². The molecule has 1 heterocycles. The SMILES string of the molecule is CCc1ccc2cnc(C)cc2c1. The zero-order valence-corrected chi connectivity index (χ0v) is 8.04. The van der Waals surface area contributed by atoms with Gasteiger partial charge in [-0.1, -0.05) is 25.1 Å². The largest absolute Gasteiger partial charge is 0.261 e. The monoisotopic (exact) mass is 171 g/mol. The number of nitrogens with zero attached hydrogens (tertiary/aromatic N) is 1. The summed E-state index contributed by atoms with van der Waals surface area (Å²) in [6.07, 6.45) is 3.03. The first-order chi connectivity index (χ1) is 6.29. The highest BCUT2D eigenvalue weighted by molar-refractivity contribution is 5.82. The molecule has 0 unspecified atom stereocenters. The lowest BCUT2D eigenvalue weighted by atomic mass is 10.1. The van der Waals surface area contributed by atoms with Crippen molar-refractivity contribution in [3.63, 3.8) is 0 Å².